The van der Waals surface area contributed by atoms with Crippen molar-refractivity contribution in [1.82, 2.24) is 9.80 Å². The van der Waals surface area contributed by atoms with Crippen LogP contribution in [0.4, 0.5) is 0 Å². The molecular weight excluding hydrogens is 248 g/mol. The fraction of sp³-hybridized carbons (Fsp3) is 0.833. The van der Waals surface area contributed by atoms with Crippen molar-refractivity contribution in [3.05, 3.63) is 0 Å². The lowest BCUT2D eigenvalue weighted by atomic mass is 10.2. The number of hydrogen-bond donors (Lipinski definition) is 2. The van der Waals surface area contributed by atoms with Gasteiger partial charge in [-0.05, 0) is 13.3 Å². The van der Waals surface area contributed by atoms with Crippen LogP contribution in [0.15, 0.2) is 5.16 Å². The Balaban J connectivity index is 2.20. The Morgan fingerprint density at radius 1 is 1.37 bits per heavy atom. The van der Waals surface area contributed by atoms with Crippen molar-refractivity contribution in [2.45, 2.75) is 19.8 Å². The van der Waals surface area contributed by atoms with E-state index in [0.29, 0.717) is 39.3 Å². The van der Waals surface area contributed by atoms with Crippen molar-refractivity contribution < 1.29 is 14.7 Å². The van der Waals surface area contributed by atoms with Crippen LogP contribution < -0.4 is 5.73 Å². The normalized spacial score (nSPS) is 17.7. The van der Waals surface area contributed by atoms with Crippen LogP contribution in [0.25, 0.3) is 0 Å². The van der Waals surface area contributed by atoms with Crippen LogP contribution >= 0.6 is 0 Å². The molecule has 1 amide bonds. The summed E-state index contributed by atoms with van der Waals surface area (Å²) in [6, 6.07) is 0. The van der Waals surface area contributed by atoms with Gasteiger partial charge in [-0.25, -0.2) is 0 Å². The molecule has 0 saturated carbocycles. The molecule has 19 heavy (non-hydrogen) atoms. The number of rotatable bonds is 7. The van der Waals surface area contributed by atoms with Gasteiger partial charge in [0.15, 0.2) is 5.84 Å². The van der Waals surface area contributed by atoms with E-state index in [-0.39, 0.29) is 11.7 Å². The summed E-state index contributed by atoms with van der Waals surface area (Å²) in [4.78, 5) is 15.8. The zero-order valence-electron chi connectivity index (χ0n) is 11.5. The molecule has 0 aromatic heterocycles. The van der Waals surface area contributed by atoms with E-state index in [1.807, 2.05) is 11.8 Å². The summed E-state index contributed by atoms with van der Waals surface area (Å²) in [5, 5.41) is 11.5. The summed E-state index contributed by atoms with van der Waals surface area (Å²) in [7, 11) is 0. The van der Waals surface area contributed by atoms with E-state index < -0.39 is 0 Å². The quantitative estimate of drug-likeness (QED) is 0.218. The van der Waals surface area contributed by atoms with Gasteiger partial charge in [0.05, 0.1) is 6.54 Å². The summed E-state index contributed by atoms with van der Waals surface area (Å²) >= 11 is 0. The van der Waals surface area contributed by atoms with Gasteiger partial charge in [0, 0.05) is 45.8 Å². The minimum atomic E-state index is 0.183. The van der Waals surface area contributed by atoms with E-state index in [2.05, 4.69) is 10.1 Å². The van der Waals surface area contributed by atoms with E-state index in [1.165, 1.54) is 0 Å². The maximum absolute atomic E-state index is 11.9. The number of nitrogens with two attached hydrogens (primary N) is 1. The van der Waals surface area contributed by atoms with Gasteiger partial charge in [-0.2, -0.15) is 0 Å². The SMILES string of the molecule is CCOCCCC(=O)N1CCN(CC(N)=NO)CC1. The van der Waals surface area contributed by atoms with Gasteiger partial charge in [0.2, 0.25) is 5.91 Å². The van der Waals surface area contributed by atoms with Crippen molar-refractivity contribution in [3.63, 3.8) is 0 Å². The van der Waals surface area contributed by atoms with Crippen molar-refractivity contribution >= 4 is 11.7 Å². The molecule has 0 aromatic carbocycles. The Bertz CT molecular complexity index is 301. The van der Waals surface area contributed by atoms with Crippen LogP contribution in [0.5, 0.6) is 0 Å². The monoisotopic (exact) mass is 272 g/mol. The lowest BCUT2D eigenvalue weighted by molar-refractivity contribution is -0.133. The predicted octanol–water partition coefficient (Wildman–Crippen LogP) is -0.306. The molecule has 0 aromatic rings. The first kappa shape index (κ1) is 15.7. The summed E-state index contributed by atoms with van der Waals surface area (Å²) in [5.74, 6) is 0.389. The van der Waals surface area contributed by atoms with Crippen LogP contribution in [0.3, 0.4) is 0 Å². The van der Waals surface area contributed by atoms with Gasteiger partial charge in [0.25, 0.3) is 0 Å². The molecule has 1 aliphatic rings. The molecule has 1 aliphatic heterocycles. The number of hydrogen-bond acceptors (Lipinski definition) is 5. The van der Waals surface area contributed by atoms with Gasteiger partial charge in [-0.15, -0.1) is 0 Å². The Morgan fingerprint density at radius 3 is 2.63 bits per heavy atom. The summed E-state index contributed by atoms with van der Waals surface area (Å²) in [6.07, 6.45) is 1.32. The average Bonchev–Trinajstić information content (AvgIpc) is 2.44. The number of amidine groups is 1. The fourth-order valence-corrected chi connectivity index (χ4v) is 2.04. The van der Waals surface area contributed by atoms with Crippen molar-refractivity contribution in [2.75, 3.05) is 45.9 Å². The standard InChI is InChI=1S/C12H24N4O3/c1-2-19-9-3-4-12(17)16-7-5-15(6-8-16)10-11(13)14-18/h18H,2-10H2,1H3,(H2,13,14). The highest BCUT2D eigenvalue weighted by Crippen LogP contribution is 2.05. The Hall–Kier alpha value is -1.34. The molecule has 0 aliphatic carbocycles. The van der Waals surface area contributed by atoms with Crippen molar-refractivity contribution in [1.29, 1.82) is 0 Å². The molecule has 0 atom stereocenters. The zero-order valence-corrected chi connectivity index (χ0v) is 11.5. The van der Waals surface area contributed by atoms with Crippen LogP contribution in [0, 0.1) is 0 Å². The number of nitrogens with zero attached hydrogens (tertiary/aromatic N) is 3. The van der Waals surface area contributed by atoms with Crippen LogP contribution in [0.2, 0.25) is 0 Å². The molecule has 0 unspecified atom stereocenters. The smallest absolute Gasteiger partial charge is 0.222 e. The molecule has 7 heteroatoms. The van der Waals surface area contributed by atoms with E-state index in [4.69, 9.17) is 15.7 Å². The first-order valence-corrected chi connectivity index (χ1v) is 6.71. The topological polar surface area (TPSA) is 91.4 Å². The number of piperazine rings is 1. The van der Waals surface area contributed by atoms with E-state index in [1.54, 1.807) is 0 Å². The zero-order chi connectivity index (χ0) is 14.1. The van der Waals surface area contributed by atoms with Gasteiger partial charge in [-0.1, -0.05) is 5.16 Å². The first-order chi connectivity index (χ1) is 9.17. The summed E-state index contributed by atoms with van der Waals surface area (Å²) in [5.41, 5.74) is 5.46. The summed E-state index contributed by atoms with van der Waals surface area (Å²) < 4.78 is 5.21. The van der Waals surface area contributed by atoms with Gasteiger partial charge in [-0.3, -0.25) is 9.69 Å². The highest BCUT2D eigenvalue weighted by molar-refractivity contribution is 5.81. The van der Waals surface area contributed by atoms with E-state index in [9.17, 15) is 4.79 Å². The molecule has 7 nitrogen and oxygen atoms in total. The molecular formula is C12H24N4O3. The van der Waals surface area contributed by atoms with Gasteiger partial charge < -0.3 is 20.6 Å². The highest BCUT2D eigenvalue weighted by atomic mass is 16.5. The predicted molar refractivity (Wildman–Crippen MR) is 72.2 cm³/mol. The molecule has 0 radical (unpaired) electrons. The Labute approximate surface area is 114 Å². The minimum absolute atomic E-state index is 0.183. The Kier molecular flexibility index (Phi) is 7.20. The fourth-order valence-electron chi connectivity index (χ4n) is 2.04. The van der Waals surface area contributed by atoms with Crippen molar-refractivity contribution in [2.24, 2.45) is 10.9 Å². The molecule has 1 fully saturated rings. The van der Waals surface area contributed by atoms with Gasteiger partial charge in [0.1, 0.15) is 0 Å². The average molecular weight is 272 g/mol. The second-order valence-electron chi connectivity index (χ2n) is 4.55. The number of ether oxygens (including phenoxy) is 1. The Morgan fingerprint density at radius 2 is 2.05 bits per heavy atom. The molecule has 1 saturated heterocycles. The lowest BCUT2D eigenvalue weighted by Crippen LogP contribution is -2.50. The maximum Gasteiger partial charge on any atom is 0.222 e. The highest BCUT2D eigenvalue weighted by Gasteiger charge is 2.21. The van der Waals surface area contributed by atoms with Gasteiger partial charge >= 0.3 is 0 Å². The molecule has 1 rings (SSSR count). The number of carbonyl (C=O) groups excluding carboxylic acids is 1. The minimum Gasteiger partial charge on any atom is -0.409 e. The largest absolute Gasteiger partial charge is 0.409 e. The third-order valence-corrected chi connectivity index (χ3v) is 3.12. The number of carbonyl (C=O) groups is 1. The van der Waals surface area contributed by atoms with Crippen LogP contribution in [0.1, 0.15) is 19.8 Å². The molecule has 110 valence electrons. The van der Waals surface area contributed by atoms with Crippen LogP contribution in [-0.2, 0) is 9.53 Å². The molecule has 3 N–H and O–H groups in total. The second-order valence-corrected chi connectivity index (χ2v) is 4.55. The van der Waals surface area contributed by atoms with Crippen molar-refractivity contribution in [3.8, 4) is 0 Å². The molecule has 0 bridgehead atoms. The van der Waals surface area contributed by atoms with E-state index in [0.717, 1.165) is 19.5 Å². The number of amides is 1. The second kappa shape index (κ2) is 8.71. The first-order valence-electron chi connectivity index (χ1n) is 6.71. The molecule has 1 heterocycles. The maximum atomic E-state index is 11.9. The van der Waals surface area contributed by atoms with Crippen LogP contribution in [-0.4, -0.2) is 72.7 Å². The third kappa shape index (κ3) is 5.89. The lowest BCUT2D eigenvalue weighted by Gasteiger charge is -2.34. The third-order valence-electron chi connectivity index (χ3n) is 3.12. The number of oxime groups is 1. The summed E-state index contributed by atoms with van der Waals surface area (Å²) in [6.45, 7) is 6.65. The molecule has 0 spiro atoms. The van der Waals surface area contributed by atoms with E-state index >= 15 is 0 Å².